The molecule has 0 saturated heterocycles. The number of nitriles is 1. The number of benzene rings is 2. The summed E-state index contributed by atoms with van der Waals surface area (Å²) in [5, 5.41) is 17.4. The molecule has 3 N–H and O–H groups in total. The van der Waals surface area contributed by atoms with Gasteiger partial charge in [0.2, 0.25) is 11.8 Å². The first kappa shape index (κ1) is 20.2. The van der Waals surface area contributed by atoms with Crippen molar-refractivity contribution in [2.75, 3.05) is 7.11 Å². The quantitative estimate of drug-likeness (QED) is 0.586. The molecular weight excluding hydrogens is 400 g/mol. The maximum absolute atomic E-state index is 9.88. The fourth-order valence-corrected chi connectivity index (χ4v) is 4.95. The van der Waals surface area contributed by atoms with E-state index in [2.05, 4.69) is 40.5 Å². The molecule has 0 radical (unpaired) electrons. The van der Waals surface area contributed by atoms with E-state index in [0.717, 1.165) is 28.1 Å². The summed E-state index contributed by atoms with van der Waals surface area (Å²) in [6.07, 6.45) is 6.50. The number of allylic oxidation sites excluding steroid dienone is 1. The van der Waals surface area contributed by atoms with E-state index in [-0.39, 0.29) is 11.8 Å². The number of ether oxygens (including phenoxy) is 2. The predicted octanol–water partition coefficient (Wildman–Crippen LogP) is 5.35. The molecule has 162 valence electrons. The highest BCUT2D eigenvalue weighted by molar-refractivity contribution is 5.71. The van der Waals surface area contributed by atoms with Crippen molar-refractivity contribution in [1.82, 2.24) is 10.2 Å². The lowest BCUT2D eigenvalue weighted by Crippen LogP contribution is -2.21. The van der Waals surface area contributed by atoms with E-state index >= 15 is 0 Å². The highest BCUT2D eigenvalue weighted by Crippen LogP contribution is 2.46. The standard InChI is InChI=1S/C26H26N4O2/c1-31-20-13-11-18(12-14-20)22-21(15-27)25(28)32-26-23(22)24(29-30-26)19-9-7-17(8-10-19)16-5-3-2-4-6-16/h7-14,16,22H,2-6,28H2,1H3,(H,29,30)/t22-/m0/s1. The lowest BCUT2D eigenvalue weighted by Gasteiger charge is -2.24. The zero-order valence-electron chi connectivity index (χ0n) is 18.1. The van der Waals surface area contributed by atoms with Crippen LogP contribution in [0.15, 0.2) is 60.0 Å². The van der Waals surface area contributed by atoms with E-state index in [1.165, 1.54) is 37.7 Å². The number of H-pyrrole nitrogens is 1. The molecule has 2 aliphatic rings. The van der Waals surface area contributed by atoms with E-state index in [4.69, 9.17) is 15.2 Å². The van der Waals surface area contributed by atoms with Crippen LogP contribution in [0.3, 0.4) is 0 Å². The fraction of sp³-hybridized carbons (Fsp3) is 0.308. The summed E-state index contributed by atoms with van der Waals surface area (Å²) in [4.78, 5) is 0. The van der Waals surface area contributed by atoms with Crippen LogP contribution >= 0.6 is 0 Å². The van der Waals surface area contributed by atoms with Crippen LogP contribution in [0.1, 0.15) is 60.6 Å². The molecule has 32 heavy (non-hydrogen) atoms. The molecule has 2 aromatic carbocycles. The SMILES string of the molecule is COc1ccc([C@H]2C(C#N)=C(N)Oc3n[nH]c(-c4ccc(C5CCCCC5)cc4)c32)cc1. The fourth-order valence-electron chi connectivity index (χ4n) is 4.95. The summed E-state index contributed by atoms with van der Waals surface area (Å²) < 4.78 is 11.0. The third-order valence-corrected chi connectivity index (χ3v) is 6.66. The Morgan fingerprint density at radius 1 is 1.03 bits per heavy atom. The molecule has 1 fully saturated rings. The number of hydrogen-bond acceptors (Lipinski definition) is 5. The van der Waals surface area contributed by atoms with Crippen LogP contribution in [-0.2, 0) is 0 Å². The van der Waals surface area contributed by atoms with Gasteiger partial charge in [0, 0.05) is 5.56 Å². The third-order valence-electron chi connectivity index (χ3n) is 6.66. The van der Waals surface area contributed by atoms with E-state index < -0.39 is 0 Å². The minimum Gasteiger partial charge on any atom is -0.497 e. The molecule has 1 aliphatic heterocycles. The molecule has 5 rings (SSSR count). The number of fused-ring (bicyclic) bond motifs is 1. The number of nitrogens with two attached hydrogens (primary N) is 1. The van der Waals surface area contributed by atoms with Gasteiger partial charge in [0.15, 0.2) is 0 Å². The molecule has 0 unspecified atom stereocenters. The first-order valence-corrected chi connectivity index (χ1v) is 11.1. The Hall–Kier alpha value is -3.72. The molecule has 0 spiro atoms. The summed E-state index contributed by atoms with van der Waals surface area (Å²) in [5.41, 5.74) is 11.5. The van der Waals surface area contributed by atoms with Crippen molar-refractivity contribution < 1.29 is 9.47 Å². The van der Waals surface area contributed by atoms with Crippen molar-refractivity contribution in [3.05, 3.63) is 76.7 Å². The highest BCUT2D eigenvalue weighted by atomic mass is 16.5. The Morgan fingerprint density at radius 2 is 1.72 bits per heavy atom. The van der Waals surface area contributed by atoms with Crippen molar-refractivity contribution >= 4 is 0 Å². The Balaban J connectivity index is 1.56. The van der Waals surface area contributed by atoms with E-state index in [9.17, 15) is 5.26 Å². The van der Waals surface area contributed by atoms with Crippen LogP contribution < -0.4 is 15.2 Å². The van der Waals surface area contributed by atoms with Gasteiger partial charge < -0.3 is 15.2 Å². The maximum atomic E-state index is 9.88. The highest BCUT2D eigenvalue weighted by Gasteiger charge is 2.35. The molecule has 0 amide bonds. The van der Waals surface area contributed by atoms with Gasteiger partial charge in [-0.2, -0.15) is 5.26 Å². The number of aromatic nitrogens is 2. The summed E-state index contributed by atoms with van der Waals surface area (Å²) in [7, 11) is 1.63. The van der Waals surface area contributed by atoms with Gasteiger partial charge in [0.05, 0.1) is 24.3 Å². The number of aromatic amines is 1. The van der Waals surface area contributed by atoms with Crippen LogP contribution in [0.2, 0.25) is 0 Å². The Morgan fingerprint density at radius 3 is 2.38 bits per heavy atom. The largest absolute Gasteiger partial charge is 0.497 e. The number of nitrogens with zero attached hydrogens (tertiary/aromatic N) is 2. The molecule has 6 heteroatoms. The number of rotatable bonds is 4. The molecule has 1 saturated carbocycles. The van der Waals surface area contributed by atoms with E-state index in [0.29, 0.717) is 17.4 Å². The molecule has 1 atom stereocenters. The van der Waals surface area contributed by atoms with Crippen molar-refractivity contribution in [3.63, 3.8) is 0 Å². The normalized spacial score (nSPS) is 18.6. The van der Waals surface area contributed by atoms with Crippen molar-refractivity contribution in [1.29, 1.82) is 5.26 Å². The molecule has 0 bridgehead atoms. The number of hydrogen-bond donors (Lipinski definition) is 2. The molecular formula is C26H26N4O2. The third kappa shape index (κ3) is 3.50. The van der Waals surface area contributed by atoms with Gasteiger partial charge in [-0.15, -0.1) is 5.10 Å². The molecule has 2 heterocycles. The second-order valence-corrected chi connectivity index (χ2v) is 8.47. The minimum absolute atomic E-state index is 0.0894. The summed E-state index contributed by atoms with van der Waals surface area (Å²) >= 11 is 0. The second-order valence-electron chi connectivity index (χ2n) is 8.47. The van der Waals surface area contributed by atoms with Crippen LogP contribution in [0.25, 0.3) is 11.3 Å². The van der Waals surface area contributed by atoms with Crippen LogP contribution in [0.5, 0.6) is 11.6 Å². The minimum atomic E-state index is -0.374. The predicted molar refractivity (Wildman–Crippen MR) is 122 cm³/mol. The lowest BCUT2D eigenvalue weighted by atomic mass is 9.82. The maximum Gasteiger partial charge on any atom is 0.244 e. The van der Waals surface area contributed by atoms with E-state index in [1.54, 1.807) is 7.11 Å². The average molecular weight is 427 g/mol. The summed E-state index contributed by atoms with van der Waals surface area (Å²) in [6.45, 7) is 0. The zero-order valence-corrected chi connectivity index (χ0v) is 18.1. The first-order valence-electron chi connectivity index (χ1n) is 11.1. The van der Waals surface area contributed by atoms with Gasteiger partial charge in [-0.3, -0.25) is 5.10 Å². The molecule has 1 aliphatic carbocycles. The zero-order chi connectivity index (χ0) is 22.1. The van der Waals surface area contributed by atoms with Gasteiger partial charge >= 0.3 is 0 Å². The van der Waals surface area contributed by atoms with Crippen molar-refractivity contribution in [3.8, 4) is 29.0 Å². The Bertz CT molecular complexity index is 1180. The number of nitrogens with one attached hydrogen (secondary N) is 1. The first-order chi connectivity index (χ1) is 15.7. The molecule has 3 aromatic rings. The van der Waals surface area contributed by atoms with Gasteiger partial charge in [-0.1, -0.05) is 55.7 Å². The topological polar surface area (TPSA) is 96.9 Å². The van der Waals surface area contributed by atoms with Gasteiger partial charge in [-0.25, -0.2) is 0 Å². The Kier molecular flexibility index (Phi) is 5.32. The van der Waals surface area contributed by atoms with Gasteiger partial charge in [0.25, 0.3) is 0 Å². The summed E-state index contributed by atoms with van der Waals surface area (Å²) in [6, 6.07) is 18.6. The van der Waals surface area contributed by atoms with Gasteiger partial charge in [-0.05, 0) is 42.0 Å². The smallest absolute Gasteiger partial charge is 0.244 e. The molecule has 1 aromatic heterocycles. The van der Waals surface area contributed by atoms with Crippen molar-refractivity contribution in [2.24, 2.45) is 5.73 Å². The summed E-state index contributed by atoms with van der Waals surface area (Å²) in [5.74, 6) is 1.53. The van der Waals surface area contributed by atoms with Crippen LogP contribution in [-0.4, -0.2) is 17.3 Å². The monoisotopic (exact) mass is 426 g/mol. The average Bonchev–Trinajstić information content (AvgIpc) is 3.27. The number of methoxy groups -OCH3 is 1. The van der Waals surface area contributed by atoms with Crippen molar-refractivity contribution in [2.45, 2.75) is 43.9 Å². The van der Waals surface area contributed by atoms with Gasteiger partial charge in [0.1, 0.15) is 17.4 Å². The van der Waals surface area contributed by atoms with E-state index in [1.807, 2.05) is 24.3 Å². The Labute approximate surface area is 187 Å². The second kappa shape index (κ2) is 8.43. The molecule has 6 nitrogen and oxygen atoms in total. The van der Waals surface area contributed by atoms with Crippen LogP contribution in [0, 0.1) is 11.3 Å². The lowest BCUT2D eigenvalue weighted by molar-refractivity contribution is 0.379. The van der Waals surface area contributed by atoms with Crippen LogP contribution in [0.4, 0.5) is 0 Å².